The molecule has 2 aromatic rings. The lowest BCUT2D eigenvalue weighted by molar-refractivity contribution is 0.208. The van der Waals surface area contributed by atoms with Crippen molar-refractivity contribution in [2.45, 2.75) is 32.1 Å². The van der Waals surface area contributed by atoms with E-state index in [1.165, 1.54) is 20.5 Å². The number of hydrogen-bond donors (Lipinski definition) is 2. The quantitative estimate of drug-likeness (QED) is 0.854. The molecule has 0 aliphatic carbocycles. The van der Waals surface area contributed by atoms with Gasteiger partial charge in [0.15, 0.2) is 0 Å². The Bertz CT molecular complexity index is 591. The fraction of sp³-hybridized carbons (Fsp3) is 0.467. The van der Waals surface area contributed by atoms with Crippen LogP contribution in [0.25, 0.3) is 10.1 Å². The molecule has 0 bridgehead atoms. The largest absolute Gasteiger partial charge is 0.454 e. The van der Waals surface area contributed by atoms with E-state index in [2.05, 4.69) is 36.1 Å². The Kier molecular flexibility index (Phi) is 4.12. The SMILES string of the molecule is Cc1c(CN2CCC(B(O)O)CC2)sc2ccccc12. The summed E-state index contributed by atoms with van der Waals surface area (Å²) in [6, 6.07) is 8.57. The highest BCUT2D eigenvalue weighted by molar-refractivity contribution is 7.19. The van der Waals surface area contributed by atoms with E-state index in [-0.39, 0.29) is 5.82 Å². The lowest BCUT2D eigenvalue weighted by Crippen LogP contribution is -2.36. The molecule has 20 heavy (non-hydrogen) atoms. The van der Waals surface area contributed by atoms with Gasteiger partial charge in [0.25, 0.3) is 0 Å². The number of rotatable bonds is 3. The van der Waals surface area contributed by atoms with E-state index in [9.17, 15) is 10.0 Å². The predicted octanol–water partition coefficient (Wildman–Crippen LogP) is 2.65. The van der Waals surface area contributed by atoms with Crippen molar-refractivity contribution in [3.8, 4) is 0 Å². The summed E-state index contributed by atoms with van der Waals surface area (Å²) in [4.78, 5) is 3.87. The van der Waals surface area contributed by atoms with Gasteiger partial charge in [0.2, 0.25) is 0 Å². The first-order chi connectivity index (χ1) is 9.65. The lowest BCUT2D eigenvalue weighted by Gasteiger charge is -2.31. The Balaban J connectivity index is 1.70. The highest BCUT2D eigenvalue weighted by atomic mass is 32.1. The van der Waals surface area contributed by atoms with Crippen LogP contribution in [0.3, 0.4) is 0 Å². The molecule has 3 rings (SSSR count). The summed E-state index contributed by atoms with van der Waals surface area (Å²) < 4.78 is 1.36. The molecule has 5 heteroatoms. The standard InChI is InChI=1S/C15H20BNO2S/c1-11-13-4-2-3-5-14(13)20-15(11)10-17-8-6-12(7-9-17)16(18)19/h2-5,12,18-19H,6-10H2,1H3. The first-order valence-corrected chi connectivity index (χ1v) is 8.02. The van der Waals surface area contributed by atoms with E-state index in [4.69, 9.17) is 0 Å². The van der Waals surface area contributed by atoms with E-state index >= 15 is 0 Å². The summed E-state index contributed by atoms with van der Waals surface area (Å²) in [7, 11) is -1.15. The fourth-order valence-corrected chi connectivity index (χ4v) is 4.24. The summed E-state index contributed by atoms with van der Waals surface area (Å²) in [5, 5.41) is 19.8. The molecular weight excluding hydrogens is 269 g/mol. The molecule has 0 saturated carbocycles. The summed E-state index contributed by atoms with van der Waals surface area (Å²) in [5.74, 6) is 0.0507. The van der Waals surface area contributed by atoms with Crippen LogP contribution < -0.4 is 0 Å². The molecule has 0 amide bonds. The Morgan fingerprint density at radius 3 is 2.60 bits per heavy atom. The zero-order valence-electron chi connectivity index (χ0n) is 11.7. The van der Waals surface area contributed by atoms with Crippen LogP contribution >= 0.6 is 11.3 Å². The van der Waals surface area contributed by atoms with Crippen LogP contribution in [0.4, 0.5) is 0 Å². The molecule has 0 spiro atoms. The summed E-state index contributed by atoms with van der Waals surface area (Å²) >= 11 is 1.88. The lowest BCUT2D eigenvalue weighted by atomic mass is 9.67. The van der Waals surface area contributed by atoms with Crippen molar-refractivity contribution in [3.05, 3.63) is 34.7 Å². The van der Waals surface area contributed by atoms with Gasteiger partial charge in [-0.05, 0) is 55.7 Å². The monoisotopic (exact) mass is 289 g/mol. The molecule has 0 unspecified atom stereocenters. The maximum atomic E-state index is 9.23. The Morgan fingerprint density at radius 2 is 1.95 bits per heavy atom. The highest BCUT2D eigenvalue weighted by Gasteiger charge is 2.28. The zero-order valence-corrected chi connectivity index (χ0v) is 12.6. The minimum absolute atomic E-state index is 0.0507. The van der Waals surface area contributed by atoms with Crippen molar-refractivity contribution >= 4 is 28.5 Å². The van der Waals surface area contributed by atoms with E-state index < -0.39 is 7.12 Å². The number of benzene rings is 1. The second-order valence-electron chi connectivity index (χ2n) is 5.67. The van der Waals surface area contributed by atoms with Gasteiger partial charge in [-0.3, -0.25) is 4.90 Å². The number of piperidine rings is 1. The molecule has 1 saturated heterocycles. The molecule has 2 heterocycles. The van der Waals surface area contributed by atoms with E-state index in [1.54, 1.807) is 0 Å². The minimum atomic E-state index is -1.15. The molecule has 0 radical (unpaired) electrons. The van der Waals surface area contributed by atoms with Gasteiger partial charge in [0.05, 0.1) is 0 Å². The number of thiophene rings is 1. The summed E-state index contributed by atoms with van der Waals surface area (Å²) in [6.07, 6.45) is 1.75. The molecular formula is C15H20BNO2S. The second-order valence-corrected chi connectivity index (χ2v) is 6.81. The van der Waals surface area contributed by atoms with Crippen molar-refractivity contribution in [1.82, 2.24) is 4.90 Å². The summed E-state index contributed by atoms with van der Waals surface area (Å²) in [5.41, 5.74) is 1.40. The van der Waals surface area contributed by atoms with Crippen molar-refractivity contribution in [2.24, 2.45) is 0 Å². The van der Waals surface area contributed by atoms with Gasteiger partial charge in [-0.15, -0.1) is 11.3 Å². The molecule has 1 aliphatic rings. The first-order valence-electron chi connectivity index (χ1n) is 7.20. The topological polar surface area (TPSA) is 43.7 Å². The van der Waals surface area contributed by atoms with Gasteiger partial charge in [-0.25, -0.2) is 0 Å². The molecule has 3 nitrogen and oxygen atoms in total. The molecule has 106 valence electrons. The van der Waals surface area contributed by atoms with Crippen LogP contribution in [0.15, 0.2) is 24.3 Å². The van der Waals surface area contributed by atoms with E-state index in [1.807, 2.05) is 11.3 Å². The number of likely N-dealkylation sites (tertiary alicyclic amines) is 1. The van der Waals surface area contributed by atoms with Crippen molar-refractivity contribution in [1.29, 1.82) is 0 Å². The van der Waals surface area contributed by atoms with Crippen LogP contribution in [0.2, 0.25) is 5.82 Å². The average Bonchev–Trinajstić information content (AvgIpc) is 2.77. The number of aryl methyl sites for hydroxylation is 1. The molecule has 2 N–H and O–H groups in total. The molecule has 0 atom stereocenters. The van der Waals surface area contributed by atoms with Gasteiger partial charge < -0.3 is 10.0 Å². The van der Waals surface area contributed by atoms with Crippen LogP contribution in [-0.2, 0) is 6.54 Å². The third-order valence-electron chi connectivity index (χ3n) is 4.36. The Morgan fingerprint density at radius 1 is 1.25 bits per heavy atom. The minimum Gasteiger partial charge on any atom is -0.427 e. The molecule has 1 aromatic carbocycles. The second kappa shape index (κ2) is 5.86. The predicted molar refractivity (Wildman–Crippen MR) is 85.0 cm³/mol. The smallest absolute Gasteiger partial charge is 0.427 e. The van der Waals surface area contributed by atoms with Gasteiger partial charge in [0.1, 0.15) is 0 Å². The van der Waals surface area contributed by atoms with Gasteiger partial charge in [-0.2, -0.15) is 0 Å². The van der Waals surface area contributed by atoms with E-state index in [0.29, 0.717) is 0 Å². The highest BCUT2D eigenvalue weighted by Crippen LogP contribution is 2.33. The third-order valence-corrected chi connectivity index (χ3v) is 5.62. The maximum Gasteiger partial charge on any atom is 0.454 e. The molecule has 1 fully saturated rings. The maximum absolute atomic E-state index is 9.23. The zero-order chi connectivity index (χ0) is 14.1. The molecule has 1 aromatic heterocycles. The van der Waals surface area contributed by atoms with Crippen molar-refractivity contribution in [3.63, 3.8) is 0 Å². The molecule has 1 aliphatic heterocycles. The van der Waals surface area contributed by atoms with Crippen LogP contribution in [-0.4, -0.2) is 35.2 Å². The Hall–Kier alpha value is -0.875. The van der Waals surface area contributed by atoms with E-state index in [0.717, 1.165) is 32.5 Å². The normalized spacial score (nSPS) is 17.8. The fourth-order valence-electron chi connectivity index (χ4n) is 2.99. The summed E-state index contributed by atoms with van der Waals surface area (Å²) in [6.45, 7) is 5.10. The Labute approximate surface area is 124 Å². The first kappa shape index (κ1) is 14.1. The number of hydrogen-bond acceptors (Lipinski definition) is 4. The van der Waals surface area contributed by atoms with Gasteiger partial charge >= 0.3 is 7.12 Å². The van der Waals surface area contributed by atoms with Gasteiger partial charge in [0, 0.05) is 16.1 Å². The van der Waals surface area contributed by atoms with Crippen LogP contribution in [0.5, 0.6) is 0 Å². The average molecular weight is 289 g/mol. The van der Waals surface area contributed by atoms with Crippen LogP contribution in [0.1, 0.15) is 23.3 Å². The number of nitrogens with zero attached hydrogens (tertiary/aromatic N) is 1. The van der Waals surface area contributed by atoms with Gasteiger partial charge in [-0.1, -0.05) is 18.2 Å². The number of fused-ring (bicyclic) bond motifs is 1. The van der Waals surface area contributed by atoms with Crippen molar-refractivity contribution < 1.29 is 10.0 Å². The third kappa shape index (κ3) is 2.77. The van der Waals surface area contributed by atoms with Crippen LogP contribution in [0, 0.1) is 6.92 Å². The van der Waals surface area contributed by atoms with Crippen molar-refractivity contribution in [2.75, 3.05) is 13.1 Å².